The number of nitrogens with zero attached hydrogens (tertiary/aromatic N) is 1. The van der Waals surface area contributed by atoms with Crippen molar-refractivity contribution in [3.05, 3.63) is 23.8 Å². The number of hydrogen-bond acceptors (Lipinski definition) is 3. The van der Waals surface area contributed by atoms with E-state index >= 15 is 0 Å². The average molecular weight is 177 g/mol. The quantitative estimate of drug-likeness (QED) is 0.768. The summed E-state index contributed by atoms with van der Waals surface area (Å²) in [7, 11) is 0. The Hall–Kier alpha value is -1.69. The Morgan fingerprint density at radius 2 is 2.31 bits per heavy atom. The Kier molecular flexibility index (Phi) is 3.15. The van der Waals surface area contributed by atoms with Crippen LogP contribution in [0, 0.1) is 11.3 Å². The molecule has 0 amide bonds. The van der Waals surface area contributed by atoms with Gasteiger partial charge < -0.3 is 9.84 Å². The summed E-state index contributed by atoms with van der Waals surface area (Å²) in [6.07, 6.45) is 0.919. The van der Waals surface area contributed by atoms with Crippen molar-refractivity contribution in [2.24, 2.45) is 0 Å². The first kappa shape index (κ1) is 9.40. The summed E-state index contributed by atoms with van der Waals surface area (Å²) in [5.41, 5.74) is 0.244. The number of ether oxygens (including phenoxy) is 1. The van der Waals surface area contributed by atoms with Gasteiger partial charge in [0.2, 0.25) is 0 Å². The van der Waals surface area contributed by atoms with Gasteiger partial charge in [-0.15, -0.1) is 0 Å². The van der Waals surface area contributed by atoms with Gasteiger partial charge in [-0.2, -0.15) is 5.26 Å². The maximum atomic E-state index is 9.18. The molecule has 0 aliphatic rings. The number of phenolic OH excluding ortho intramolecular Hbond substituents is 1. The second kappa shape index (κ2) is 4.36. The molecule has 0 aliphatic heterocycles. The van der Waals surface area contributed by atoms with Crippen molar-refractivity contribution in [3.8, 4) is 17.6 Å². The highest BCUT2D eigenvalue weighted by Crippen LogP contribution is 2.21. The van der Waals surface area contributed by atoms with E-state index in [4.69, 9.17) is 10.00 Å². The molecule has 0 aromatic heterocycles. The Labute approximate surface area is 77.2 Å². The molecular weight excluding hydrogens is 166 g/mol. The van der Waals surface area contributed by atoms with E-state index in [0.717, 1.165) is 6.42 Å². The molecule has 0 spiro atoms. The number of benzene rings is 1. The molecule has 1 aromatic rings. The lowest BCUT2D eigenvalue weighted by Gasteiger charge is -2.04. The van der Waals surface area contributed by atoms with Gasteiger partial charge in [0.25, 0.3) is 0 Å². The molecule has 1 N–H and O–H groups in total. The number of nitriles is 1. The third-order valence-electron chi connectivity index (χ3n) is 1.56. The summed E-state index contributed by atoms with van der Waals surface area (Å²) in [5.74, 6) is 0.613. The molecule has 0 bridgehead atoms. The van der Waals surface area contributed by atoms with Crippen LogP contribution in [0.25, 0.3) is 0 Å². The number of phenols is 1. The number of hydrogen-bond donors (Lipinski definition) is 1. The zero-order chi connectivity index (χ0) is 9.68. The van der Waals surface area contributed by atoms with E-state index in [2.05, 4.69) is 0 Å². The topological polar surface area (TPSA) is 53.2 Å². The Bertz CT molecular complexity index is 328. The second-order valence-electron chi connectivity index (χ2n) is 2.64. The lowest BCUT2D eigenvalue weighted by atomic mass is 10.2. The van der Waals surface area contributed by atoms with Gasteiger partial charge in [0, 0.05) is 6.07 Å². The first-order valence-corrected chi connectivity index (χ1v) is 4.14. The van der Waals surface area contributed by atoms with Gasteiger partial charge in [-0.05, 0) is 18.6 Å². The summed E-state index contributed by atoms with van der Waals surface area (Å²) in [6.45, 7) is 2.63. The number of rotatable bonds is 3. The highest BCUT2D eigenvalue weighted by Gasteiger charge is 2.01. The van der Waals surface area contributed by atoms with Crippen molar-refractivity contribution in [2.75, 3.05) is 6.61 Å². The molecule has 3 heteroatoms. The molecular formula is C10H11NO2. The fraction of sp³-hybridized carbons (Fsp3) is 0.300. The molecule has 0 heterocycles. The Balaban J connectivity index is 2.82. The van der Waals surface area contributed by atoms with E-state index < -0.39 is 0 Å². The Morgan fingerprint density at radius 1 is 1.54 bits per heavy atom. The van der Waals surface area contributed by atoms with Crippen LogP contribution in [0.1, 0.15) is 18.9 Å². The van der Waals surface area contributed by atoms with Crippen LogP contribution in [0.15, 0.2) is 18.2 Å². The van der Waals surface area contributed by atoms with Gasteiger partial charge in [-0.3, -0.25) is 0 Å². The predicted molar refractivity (Wildman–Crippen MR) is 48.6 cm³/mol. The normalized spacial score (nSPS) is 9.23. The molecule has 0 fully saturated rings. The van der Waals surface area contributed by atoms with Gasteiger partial charge in [-0.25, -0.2) is 0 Å². The zero-order valence-corrected chi connectivity index (χ0v) is 7.45. The van der Waals surface area contributed by atoms with Crippen molar-refractivity contribution in [1.82, 2.24) is 0 Å². The minimum Gasteiger partial charge on any atom is -0.507 e. The van der Waals surface area contributed by atoms with E-state index in [9.17, 15) is 5.11 Å². The van der Waals surface area contributed by atoms with E-state index in [1.807, 2.05) is 13.0 Å². The van der Waals surface area contributed by atoms with Crippen molar-refractivity contribution < 1.29 is 9.84 Å². The van der Waals surface area contributed by atoms with Gasteiger partial charge in [0.15, 0.2) is 0 Å². The fourth-order valence-corrected chi connectivity index (χ4v) is 0.914. The van der Waals surface area contributed by atoms with E-state index in [0.29, 0.717) is 12.4 Å². The molecule has 0 atom stereocenters. The summed E-state index contributed by atoms with van der Waals surface area (Å²) in [5, 5.41) is 17.8. The largest absolute Gasteiger partial charge is 0.507 e. The van der Waals surface area contributed by atoms with Gasteiger partial charge in [0.05, 0.1) is 12.2 Å². The molecule has 1 aromatic carbocycles. The Morgan fingerprint density at radius 3 is 2.92 bits per heavy atom. The van der Waals surface area contributed by atoms with Crippen LogP contribution in [-0.4, -0.2) is 11.7 Å². The average Bonchev–Trinajstić information content (AvgIpc) is 2.16. The standard InChI is InChI=1S/C10H11NO2/c1-2-5-13-9-3-4-10(12)8(6-9)7-11/h3-4,6,12H,2,5H2,1H3. The first-order valence-electron chi connectivity index (χ1n) is 4.14. The van der Waals surface area contributed by atoms with Crippen molar-refractivity contribution in [3.63, 3.8) is 0 Å². The lowest BCUT2D eigenvalue weighted by molar-refractivity contribution is 0.316. The monoisotopic (exact) mass is 177 g/mol. The summed E-state index contributed by atoms with van der Waals surface area (Å²) >= 11 is 0. The van der Waals surface area contributed by atoms with Crippen LogP contribution < -0.4 is 4.74 Å². The predicted octanol–water partition coefficient (Wildman–Crippen LogP) is 2.05. The summed E-state index contributed by atoms with van der Waals surface area (Å²) in [6, 6.07) is 6.52. The molecule has 0 radical (unpaired) electrons. The molecule has 13 heavy (non-hydrogen) atoms. The highest BCUT2D eigenvalue weighted by molar-refractivity contribution is 5.46. The van der Waals surface area contributed by atoms with Crippen LogP contribution >= 0.6 is 0 Å². The van der Waals surface area contributed by atoms with E-state index in [1.54, 1.807) is 6.07 Å². The minimum atomic E-state index is -0.00801. The molecule has 1 rings (SSSR count). The lowest BCUT2D eigenvalue weighted by Crippen LogP contribution is -1.94. The van der Waals surface area contributed by atoms with Crippen LogP contribution in [0.5, 0.6) is 11.5 Å². The fourth-order valence-electron chi connectivity index (χ4n) is 0.914. The van der Waals surface area contributed by atoms with Crippen LogP contribution in [0.4, 0.5) is 0 Å². The van der Waals surface area contributed by atoms with Crippen LogP contribution in [0.2, 0.25) is 0 Å². The third-order valence-corrected chi connectivity index (χ3v) is 1.56. The van der Waals surface area contributed by atoms with E-state index in [1.165, 1.54) is 12.1 Å². The van der Waals surface area contributed by atoms with Crippen molar-refractivity contribution >= 4 is 0 Å². The summed E-state index contributed by atoms with van der Waals surface area (Å²) in [4.78, 5) is 0. The molecule has 0 unspecified atom stereocenters. The maximum Gasteiger partial charge on any atom is 0.133 e. The van der Waals surface area contributed by atoms with Crippen LogP contribution in [0.3, 0.4) is 0 Å². The third kappa shape index (κ3) is 2.38. The van der Waals surface area contributed by atoms with E-state index in [-0.39, 0.29) is 11.3 Å². The molecule has 3 nitrogen and oxygen atoms in total. The highest BCUT2D eigenvalue weighted by atomic mass is 16.5. The molecule has 0 saturated heterocycles. The smallest absolute Gasteiger partial charge is 0.133 e. The molecule has 68 valence electrons. The van der Waals surface area contributed by atoms with Gasteiger partial charge in [-0.1, -0.05) is 6.92 Å². The first-order chi connectivity index (χ1) is 6.27. The summed E-state index contributed by atoms with van der Waals surface area (Å²) < 4.78 is 5.29. The van der Waals surface area contributed by atoms with Crippen molar-refractivity contribution in [1.29, 1.82) is 5.26 Å². The SMILES string of the molecule is CCCOc1ccc(O)c(C#N)c1. The number of aromatic hydroxyl groups is 1. The molecule has 0 aliphatic carbocycles. The minimum absolute atomic E-state index is 0.00801. The van der Waals surface area contributed by atoms with Crippen LogP contribution in [-0.2, 0) is 0 Å². The van der Waals surface area contributed by atoms with Gasteiger partial charge in [0.1, 0.15) is 17.6 Å². The molecule has 0 saturated carbocycles. The zero-order valence-electron chi connectivity index (χ0n) is 7.45. The second-order valence-corrected chi connectivity index (χ2v) is 2.64. The maximum absolute atomic E-state index is 9.18. The van der Waals surface area contributed by atoms with Crippen molar-refractivity contribution in [2.45, 2.75) is 13.3 Å². The van der Waals surface area contributed by atoms with Gasteiger partial charge >= 0.3 is 0 Å².